The molecule has 1 saturated heterocycles. The smallest absolute Gasteiger partial charge is 0.394 e. The fourth-order valence-corrected chi connectivity index (χ4v) is 4.18. The zero-order valence-electron chi connectivity index (χ0n) is 19.7. The van der Waals surface area contributed by atoms with Crippen LogP contribution >= 0.6 is 15.6 Å². The summed E-state index contributed by atoms with van der Waals surface area (Å²) in [6, 6.07) is 0. The number of hydrogen-bond donors (Lipinski definition) is 6. The molecule has 32 heavy (non-hydrogen) atoms. The predicted molar refractivity (Wildman–Crippen MR) is 118 cm³/mol. The number of aliphatic hydroxyl groups excluding tert-OH is 2. The van der Waals surface area contributed by atoms with E-state index in [1.54, 1.807) is 0 Å². The molecule has 1 aliphatic rings. The molecule has 0 aromatic rings. The Morgan fingerprint density at radius 1 is 0.875 bits per heavy atom. The van der Waals surface area contributed by atoms with Crippen LogP contribution in [-0.4, -0.2) is 192 Å². The molecule has 5 atom stereocenters. The molecule has 0 bridgehead atoms. The average molecular weight is 544 g/mol. The molecule has 18 heteroatoms. The van der Waals surface area contributed by atoms with Crippen LogP contribution in [0, 0.1) is 5.92 Å². The van der Waals surface area contributed by atoms with Crippen LogP contribution in [0.3, 0.4) is 0 Å². The van der Waals surface area contributed by atoms with Gasteiger partial charge >= 0.3 is 15.6 Å². The van der Waals surface area contributed by atoms with E-state index in [0.29, 0.717) is 0 Å². The third-order valence-corrected chi connectivity index (χ3v) is 5.24. The van der Waals surface area contributed by atoms with Gasteiger partial charge in [-0.3, -0.25) is 9.05 Å². The first-order valence-corrected chi connectivity index (χ1v) is 12.0. The Morgan fingerprint density at radius 2 is 1.31 bits per heavy atom. The molecule has 0 unspecified atom stereocenters. The Balaban J connectivity index is -0.000000980. The summed E-state index contributed by atoms with van der Waals surface area (Å²) >= 11 is 0. The van der Waals surface area contributed by atoms with Crippen LogP contribution in [0.1, 0.15) is 39.5 Å². The van der Waals surface area contributed by atoms with Gasteiger partial charge in [0.1, 0.15) is 24.4 Å². The predicted octanol–water partition coefficient (Wildman–Crippen LogP) is -1.27. The summed E-state index contributed by atoms with van der Waals surface area (Å²) in [5, 5.41) is 19.6. The second-order valence-electron chi connectivity index (χ2n) is 6.61. The minimum atomic E-state index is -5.18. The van der Waals surface area contributed by atoms with E-state index in [-0.39, 0.29) is 131 Å². The van der Waals surface area contributed by atoms with Gasteiger partial charge in [0.2, 0.25) is 0 Å². The molecule has 1 rings (SSSR count). The molecule has 4 radical (unpaired) electrons. The van der Waals surface area contributed by atoms with E-state index in [1.807, 2.05) is 13.8 Å². The Morgan fingerprint density at radius 3 is 1.69 bits per heavy atom. The Kier molecular flexibility index (Phi) is 28.2. The number of hydrogen-bond acceptors (Lipinski definition) is 8. The second-order valence-corrected chi connectivity index (χ2v) is 9.00. The quantitative estimate of drug-likeness (QED) is 0.126. The SMILES string of the molecule is CCCC(CCC)CO[C@@H]1O[C@H](CO)[C@H](O)[C@H](OP(=O)(O)O)[C@H]1OP(=O)(O)O.[Na].[Na].[Na].[Na]. The van der Waals surface area contributed by atoms with Crippen molar-refractivity contribution in [1.29, 1.82) is 0 Å². The molecule has 1 heterocycles. The van der Waals surface area contributed by atoms with Gasteiger partial charge in [-0.1, -0.05) is 26.7 Å². The minimum Gasteiger partial charge on any atom is -0.394 e. The van der Waals surface area contributed by atoms with Crippen molar-refractivity contribution in [3.63, 3.8) is 0 Å². The van der Waals surface area contributed by atoms with E-state index in [4.69, 9.17) is 29.0 Å². The Hall–Kier alpha value is 4.06. The first-order valence-electron chi connectivity index (χ1n) is 8.95. The first kappa shape index (κ1) is 43.1. The Bertz CT molecular complexity index is 560. The van der Waals surface area contributed by atoms with E-state index >= 15 is 0 Å². The van der Waals surface area contributed by atoms with Gasteiger partial charge in [-0.25, -0.2) is 9.13 Å². The molecule has 0 amide bonds. The molecular formula is C14H30Na4O12P2. The molecule has 0 aliphatic carbocycles. The summed E-state index contributed by atoms with van der Waals surface area (Å²) < 4.78 is 42.6. The van der Waals surface area contributed by atoms with Crippen molar-refractivity contribution in [2.24, 2.45) is 5.92 Å². The maximum Gasteiger partial charge on any atom is 0.470 e. The summed E-state index contributed by atoms with van der Waals surface area (Å²) in [5.41, 5.74) is 0. The van der Waals surface area contributed by atoms with Gasteiger partial charge in [-0.2, -0.15) is 0 Å². The molecule has 1 fully saturated rings. The normalized spacial score (nSPS) is 25.7. The molecule has 6 N–H and O–H groups in total. The maximum absolute atomic E-state index is 11.3. The van der Waals surface area contributed by atoms with Crippen molar-refractivity contribution in [2.75, 3.05) is 13.2 Å². The van der Waals surface area contributed by atoms with Crippen LogP contribution in [-0.2, 0) is 27.7 Å². The number of phosphoric ester groups is 2. The summed E-state index contributed by atoms with van der Waals surface area (Å²) in [7, 11) is -10.4. The van der Waals surface area contributed by atoms with Gasteiger partial charge in [0.15, 0.2) is 6.29 Å². The van der Waals surface area contributed by atoms with Crippen LogP contribution in [0.2, 0.25) is 0 Å². The zero-order valence-corrected chi connectivity index (χ0v) is 29.5. The summed E-state index contributed by atoms with van der Waals surface area (Å²) in [5.74, 6) is 0.106. The van der Waals surface area contributed by atoms with E-state index in [0.717, 1.165) is 25.7 Å². The first-order chi connectivity index (χ1) is 12.9. The standard InChI is InChI=1S/C14H30O12P2.4Na/c1-3-5-9(6-4-2)8-23-14-13(26-28(20,21)22)12(25-27(17,18)19)11(16)10(7-15)24-14;;;;/h9-16H,3-8H2,1-2H3,(H2,17,18,19)(H2,20,21,22);;;;/t10-,11+,12+,13-,14-;;;;/m1..../s1. The Labute approximate surface area is 276 Å². The summed E-state index contributed by atoms with van der Waals surface area (Å²) in [4.78, 5) is 36.5. The van der Waals surface area contributed by atoms with Gasteiger partial charge in [0.05, 0.1) is 13.2 Å². The third-order valence-electron chi connectivity index (χ3n) is 4.21. The number of aliphatic hydroxyl groups is 2. The maximum atomic E-state index is 11.3. The second kappa shape index (κ2) is 21.0. The van der Waals surface area contributed by atoms with E-state index < -0.39 is 53.0 Å². The van der Waals surface area contributed by atoms with Crippen molar-refractivity contribution in [3.8, 4) is 0 Å². The third kappa shape index (κ3) is 16.8. The minimum absolute atomic E-state index is 0. The fraction of sp³-hybridized carbons (Fsp3) is 1.00. The van der Waals surface area contributed by atoms with Gasteiger partial charge in [0, 0.05) is 118 Å². The van der Waals surface area contributed by atoms with Crippen molar-refractivity contribution < 1.29 is 57.4 Å². The van der Waals surface area contributed by atoms with E-state index in [9.17, 15) is 19.3 Å². The molecule has 0 aromatic carbocycles. The van der Waals surface area contributed by atoms with Crippen LogP contribution in [0.15, 0.2) is 0 Å². The molecule has 0 saturated carbocycles. The molecule has 0 spiro atoms. The van der Waals surface area contributed by atoms with Crippen LogP contribution in [0.25, 0.3) is 0 Å². The zero-order chi connectivity index (χ0) is 21.5. The molecule has 172 valence electrons. The number of rotatable bonds is 12. The largest absolute Gasteiger partial charge is 0.470 e. The van der Waals surface area contributed by atoms with Crippen molar-refractivity contribution in [2.45, 2.75) is 70.2 Å². The van der Waals surface area contributed by atoms with Crippen LogP contribution in [0.5, 0.6) is 0 Å². The van der Waals surface area contributed by atoms with E-state index in [1.165, 1.54) is 0 Å². The average Bonchev–Trinajstić information content (AvgIpc) is 2.55. The van der Waals surface area contributed by atoms with Crippen LogP contribution in [0.4, 0.5) is 0 Å². The van der Waals surface area contributed by atoms with Gasteiger partial charge < -0.3 is 39.3 Å². The van der Waals surface area contributed by atoms with Crippen molar-refractivity contribution in [1.82, 2.24) is 0 Å². The van der Waals surface area contributed by atoms with E-state index in [2.05, 4.69) is 9.05 Å². The summed E-state index contributed by atoms with van der Waals surface area (Å²) in [6.45, 7) is 3.34. The number of phosphoric acid groups is 2. The van der Waals surface area contributed by atoms with Gasteiger partial charge in [-0.15, -0.1) is 0 Å². The van der Waals surface area contributed by atoms with Crippen molar-refractivity contribution in [3.05, 3.63) is 0 Å². The fourth-order valence-electron chi connectivity index (χ4n) is 3.08. The topological polar surface area (TPSA) is 192 Å². The summed E-state index contributed by atoms with van der Waals surface area (Å²) in [6.07, 6.45) is -5.12. The van der Waals surface area contributed by atoms with Crippen LogP contribution < -0.4 is 0 Å². The van der Waals surface area contributed by atoms with Gasteiger partial charge in [0.25, 0.3) is 0 Å². The van der Waals surface area contributed by atoms with Crippen molar-refractivity contribution >= 4 is 134 Å². The molecule has 12 nitrogen and oxygen atoms in total. The molecule has 0 aromatic heterocycles. The molecular weight excluding hydrogens is 514 g/mol. The number of ether oxygens (including phenoxy) is 2. The molecule has 1 aliphatic heterocycles. The monoisotopic (exact) mass is 544 g/mol. The van der Waals surface area contributed by atoms with Gasteiger partial charge in [-0.05, 0) is 18.8 Å².